The SMILES string of the molecule is CCC1=C(CC)OC2(CCC2)O1. The first-order valence-electron chi connectivity index (χ1n) is 4.89. The molecular formula is C10H16O2. The van der Waals surface area contributed by atoms with Gasteiger partial charge in [0.05, 0.1) is 0 Å². The van der Waals surface area contributed by atoms with Gasteiger partial charge in [0.15, 0.2) is 0 Å². The van der Waals surface area contributed by atoms with Gasteiger partial charge < -0.3 is 9.47 Å². The minimum atomic E-state index is -0.212. The van der Waals surface area contributed by atoms with Crippen molar-refractivity contribution in [2.24, 2.45) is 0 Å². The fourth-order valence-corrected chi connectivity index (χ4v) is 1.79. The van der Waals surface area contributed by atoms with Crippen molar-refractivity contribution in [2.75, 3.05) is 0 Å². The highest BCUT2D eigenvalue weighted by Gasteiger charge is 2.47. The molecule has 0 amide bonds. The van der Waals surface area contributed by atoms with E-state index in [2.05, 4.69) is 13.8 Å². The highest BCUT2D eigenvalue weighted by atomic mass is 16.7. The molecular weight excluding hydrogens is 152 g/mol. The molecule has 2 nitrogen and oxygen atoms in total. The zero-order valence-corrected chi connectivity index (χ0v) is 7.85. The topological polar surface area (TPSA) is 18.5 Å². The molecule has 1 aliphatic carbocycles. The minimum Gasteiger partial charge on any atom is -0.453 e. The van der Waals surface area contributed by atoms with E-state index in [1.807, 2.05) is 0 Å². The van der Waals surface area contributed by atoms with Crippen molar-refractivity contribution in [1.29, 1.82) is 0 Å². The van der Waals surface area contributed by atoms with Crippen molar-refractivity contribution in [3.05, 3.63) is 11.5 Å². The molecule has 0 unspecified atom stereocenters. The normalized spacial score (nSPS) is 25.2. The zero-order valence-electron chi connectivity index (χ0n) is 7.85. The molecule has 2 aliphatic rings. The second-order valence-corrected chi connectivity index (χ2v) is 3.52. The maximum absolute atomic E-state index is 5.79. The van der Waals surface area contributed by atoms with Crippen LogP contribution in [-0.4, -0.2) is 5.79 Å². The first kappa shape index (κ1) is 7.96. The molecule has 0 bridgehead atoms. The van der Waals surface area contributed by atoms with Gasteiger partial charge in [0.1, 0.15) is 11.5 Å². The Morgan fingerprint density at radius 2 is 1.58 bits per heavy atom. The summed E-state index contributed by atoms with van der Waals surface area (Å²) < 4.78 is 11.6. The number of hydrogen-bond acceptors (Lipinski definition) is 2. The van der Waals surface area contributed by atoms with E-state index in [-0.39, 0.29) is 5.79 Å². The molecule has 1 aliphatic heterocycles. The summed E-state index contributed by atoms with van der Waals surface area (Å²) in [5.41, 5.74) is 0. The van der Waals surface area contributed by atoms with Gasteiger partial charge in [0, 0.05) is 25.7 Å². The quantitative estimate of drug-likeness (QED) is 0.631. The van der Waals surface area contributed by atoms with Gasteiger partial charge >= 0.3 is 0 Å². The van der Waals surface area contributed by atoms with Gasteiger partial charge in [-0.05, 0) is 6.42 Å². The molecule has 0 saturated heterocycles. The lowest BCUT2D eigenvalue weighted by Gasteiger charge is -2.36. The average molecular weight is 168 g/mol. The molecule has 1 fully saturated rings. The van der Waals surface area contributed by atoms with Crippen LogP contribution in [0.1, 0.15) is 46.0 Å². The first-order chi connectivity index (χ1) is 5.79. The molecule has 68 valence electrons. The van der Waals surface area contributed by atoms with Crippen LogP contribution in [0, 0.1) is 0 Å². The van der Waals surface area contributed by atoms with Crippen molar-refractivity contribution < 1.29 is 9.47 Å². The van der Waals surface area contributed by atoms with Crippen LogP contribution < -0.4 is 0 Å². The van der Waals surface area contributed by atoms with E-state index < -0.39 is 0 Å². The summed E-state index contributed by atoms with van der Waals surface area (Å²) in [7, 11) is 0. The van der Waals surface area contributed by atoms with Crippen LogP contribution in [0.3, 0.4) is 0 Å². The van der Waals surface area contributed by atoms with Crippen molar-refractivity contribution in [3.63, 3.8) is 0 Å². The summed E-state index contributed by atoms with van der Waals surface area (Å²) in [4.78, 5) is 0. The predicted octanol–water partition coefficient (Wildman–Crippen LogP) is 2.95. The van der Waals surface area contributed by atoms with Gasteiger partial charge in [0.25, 0.3) is 5.79 Å². The first-order valence-corrected chi connectivity index (χ1v) is 4.89. The lowest BCUT2D eigenvalue weighted by molar-refractivity contribution is -0.204. The lowest BCUT2D eigenvalue weighted by atomic mass is 9.91. The van der Waals surface area contributed by atoms with E-state index in [1.54, 1.807) is 0 Å². The third-order valence-corrected chi connectivity index (χ3v) is 2.69. The summed E-state index contributed by atoms with van der Waals surface area (Å²) in [6.45, 7) is 4.23. The van der Waals surface area contributed by atoms with Crippen LogP contribution in [0.4, 0.5) is 0 Å². The second kappa shape index (κ2) is 2.68. The van der Waals surface area contributed by atoms with Gasteiger partial charge in [-0.1, -0.05) is 13.8 Å². The monoisotopic (exact) mass is 168 g/mol. The molecule has 0 aromatic heterocycles. The van der Waals surface area contributed by atoms with Gasteiger partial charge in [-0.15, -0.1) is 0 Å². The van der Waals surface area contributed by atoms with E-state index in [9.17, 15) is 0 Å². The van der Waals surface area contributed by atoms with E-state index in [0.717, 1.165) is 37.2 Å². The summed E-state index contributed by atoms with van der Waals surface area (Å²) in [5, 5.41) is 0. The second-order valence-electron chi connectivity index (χ2n) is 3.52. The predicted molar refractivity (Wildman–Crippen MR) is 46.4 cm³/mol. The molecule has 0 atom stereocenters. The minimum absolute atomic E-state index is 0.212. The Bertz CT molecular complexity index is 196. The Morgan fingerprint density at radius 1 is 1.08 bits per heavy atom. The fourth-order valence-electron chi connectivity index (χ4n) is 1.79. The molecule has 0 aromatic carbocycles. The third kappa shape index (κ3) is 1.01. The zero-order chi connectivity index (χ0) is 8.60. The van der Waals surface area contributed by atoms with Crippen molar-refractivity contribution in [3.8, 4) is 0 Å². The molecule has 0 radical (unpaired) electrons. The van der Waals surface area contributed by atoms with Crippen LogP contribution in [-0.2, 0) is 9.47 Å². The van der Waals surface area contributed by atoms with E-state index in [4.69, 9.17) is 9.47 Å². The molecule has 1 saturated carbocycles. The molecule has 2 heteroatoms. The maximum atomic E-state index is 5.79. The van der Waals surface area contributed by atoms with E-state index in [0.29, 0.717) is 0 Å². The molecule has 12 heavy (non-hydrogen) atoms. The Balaban J connectivity index is 2.09. The van der Waals surface area contributed by atoms with Gasteiger partial charge in [-0.25, -0.2) is 0 Å². The van der Waals surface area contributed by atoms with Gasteiger partial charge in [0.2, 0.25) is 0 Å². The number of hydrogen-bond donors (Lipinski definition) is 0. The molecule has 0 N–H and O–H groups in total. The summed E-state index contributed by atoms with van der Waals surface area (Å²) in [6, 6.07) is 0. The van der Waals surface area contributed by atoms with Crippen molar-refractivity contribution in [2.45, 2.75) is 51.7 Å². The fraction of sp³-hybridized carbons (Fsp3) is 0.800. The Kier molecular flexibility index (Phi) is 1.78. The van der Waals surface area contributed by atoms with Crippen LogP contribution in [0.25, 0.3) is 0 Å². The molecule has 1 spiro atoms. The maximum Gasteiger partial charge on any atom is 0.250 e. The number of allylic oxidation sites excluding steroid dienone is 2. The standard InChI is InChI=1S/C10H16O2/c1-3-8-9(4-2)12-10(11-8)6-5-7-10/h3-7H2,1-2H3. The van der Waals surface area contributed by atoms with Crippen LogP contribution >= 0.6 is 0 Å². The summed E-state index contributed by atoms with van der Waals surface area (Å²) in [5.74, 6) is 1.95. The average Bonchev–Trinajstić information content (AvgIpc) is 2.42. The number of ether oxygens (including phenoxy) is 2. The molecule has 0 aromatic rings. The van der Waals surface area contributed by atoms with Crippen LogP contribution in [0.5, 0.6) is 0 Å². The Hall–Kier alpha value is -0.660. The van der Waals surface area contributed by atoms with Crippen molar-refractivity contribution >= 4 is 0 Å². The lowest BCUT2D eigenvalue weighted by Crippen LogP contribution is -2.38. The highest BCUT2D eigenvalue weighted by Crippen LogP contribution is 2.46. The van der Waals surface area contributed by atoms with Crippen molar-refractivity contribution in [1.82, 2.24) is 0 Å². The summed E-state index contributed by atoms with van der Waals surface area (Å²) >= 11 is 0. The van der Waals surface area contributed by atoms with Gasteiger partial charge in [-0.3, -0.25) is 0 Å². The third-order valence-electron chi connectivity index (χ3n) is 2.69. The largest absolute Gasteiger partial charge is 0.453 e. The highest BCUT2D eigenvalue weighted by molar-refractivity contribution is 5.10. The Morgan fingerprint density at radius 3 is 1.83 bits per heavy atom. The molecule has 1 heterocycles. The van der Waals surface area contributed by atoms with E-state index >= 15 is 0 Å². The van der Waals surface area contributed by atoms with Crippen LogP contribution in [0.2, 0.25) is 0 Å². The number of rotatable bonds is 2. The van der Waals surface area contributed by atoms with E-state index in [1.165, 1.54) is 6.42 Å². The summed E-state index contributed by atoms with van der Waals surface area (Å²) in [6.07, 6.45) is 5.31. The molecule has 2 rings (SSSR count). The Labute approximate surface area is 73.5 Å². The smallest absolute Gasteiger partial charge is 0.250 e. The van der Waals surface area contributed by atoms with Crippen LogP contribution in [0.15, 0.2) is 11.5 Å². The van der Waals surface area contributed by atoms with Gasteiger partial charge in [-0.2, -0.15) is 0 Å².